The summed E-state index contributed by atoms with van der Waals surface area (Å²) in [5.74, 6) is 0.779. The lowest BCUT2D eigenvalue weighted by Gasteiger charge is -2.22. The second-order valence-corrected chi connectivity index (χ2v) is 5.52. The van der Waals surface area contributed by atoms with Gasteiger partial charge in [0.2, 0.25) is 0 Å². The molecule has 0 aliphatic carbocycles. The summed E-state index contributed by atoms with van der Waals surface area (Å²) >= 11 is 0. The van der Waals surface area contributed by atoms with E-state index >= 15 is 0 Å². The van der Waals surface area contributed by atoms with Crippen molar-refractivity contribution < 1.29 is 4.74 Å². The van der Waals surface area contributed by atoms with E-state index in [0.29, 0.717) is 0 Å². The van der Waals surface area contributed by atoms with Crippen molar-refractivity contribution >= 4 is 10.9 Å². The van der Waals surface area contributed by atoms with E-state index in [2.05, 4.69) is 41.5 Å². The smallest absolute Gasteiger partial charge is 0.0469 e. The second-order valence-electron chi connectivity index (χ2n) is 5.52. The highest BCUT2D eigenvalue weighted by Crippen LogP contribution is 2.20. The molecule has 1 aliphatic rings. The van der Waals surface area contributed by atoms with Gasteiger partial charge in [0.1, 0.15) is 0 Å². The van der Waals surface area contributed by atoms with Crippen LogP contribution in [0.3, 0.4) is 0 Å². The normalized spacial score (nSPS) is 17.1. The number of aromatic nitrogens is 1. The van der Waals surface area contributed by atoms with Crippen LogP contribution in [-0.4, -0.2) is 24.7 Å². The standard InChI is InChI=1S/C16H22N2O/c1-12-9-15-14(3-2-4-16(15)18-12)11-17-10-13-5-7-19-8-6-13/h2-4,9,13,17-18H,5-8,10-11H2,1H3. The molecule has 102 valence electrons. The Morgan fingerprint density at radius 2 is 2.16 bits per heavy atom. The van der Waals surface area contributed by atoms with Crippen LogP contribution in [0, 0.1) is 12.8 Å². The molecule has 0 amide bonds. The van der Waals surface area contributed by atoms with E-state index in [-0.39, 0.29) is 0 Å². The van der Waals surface area contributed by atoms with Gasteiger partial charge < -0.3 is 15.0 Å². The molecule has 3 rings (SSSR count). The largest absolute Gasteiger partial charge is 0.381 e. The van der Waals surface area contributed by atoms with Gasteiger partial charge in [-0.25, -0.2) is 0 Å². The van der Waals surface area contributed by atoms with E-state index < -0.39 is 0 Å². The molecule has 3 heteroatoms. The van der Waals surface area contributed by atoms with Gasteiger partial charge in [0.05, 0.1) is 0 Å². The van der Waals surface area contributed by atoms with Crippen LogP contribution in [0.15, 0.2) is 24.3 Å². The number of nitrogens with one attached hydrogen (secondary N) is 2. The number of fused-ring (bicyclic) bond motifs is 1. The highest BCUT2D eigenvalue weighted by molar-refractivity contribution is 5.83. The number of hydrogen-bond acceptors (Lipinski definition) is 2. The molecule has 0 unspecified atom stereocenters. The van der Waals surface area contributed by atoms with Crippen molar-refractivity contribution in [1.29, 1.82) is 0 Å². The predicted octanol–water partition coefficient (Wildman–Crippen LogP) is 2.99. The Kier molecular flexibility index (Phi) is 3.85. The van der Waals surface area contributed by atoms with Crippen molar-refractivity contribution in [2.45, 2.75) is 26.3 Å². The molecule has 0 bridgehead atoms. The van der Waals surface area contributed by atoms with Crippen molar-refractivity contribution in [3.8, 4) is 0 Å². The summed E-state index contributed by atoms with van der Waals surface area (Å²) in [5.41, 5.74) is 3.85. The van der Waals surface area contributed by atoms with E-state index in [0.717, 1.165) is 32.2 Å². The van der Waals surface area contributed by atoms with Gasteiger partial charge in [0.15, 0.2) is 0 Å². The third-order valence-corrected chi connectivity index (χ3v) is 3.98. The zero-order chi connectivity index (χ0) is 13.1. The first-order valence-corrected chi connectivity index (χ1v) is 7.18. The Morgan fingerprint density at radius 3 is 3.00 bits per heavy atom. The lowest BCUT2D eigenvalue weighted by molar-refractivity contribution is 0.0662. The molecule has 0 atom stereocenters. The third kappa shape index (κ3) is 2.99. The number of aryl methyl sites for hydroxylation is 1. The molecule has 2 heterocycles. The first-order chi connectivity index (χ1) is 9.33. The first-order valence-electron chi connectivity index (χ1n) is 7.18. The molecule has 0 radical (unpaired) electrons. The van der Waals surface area contributed by atoms with E-state index in [1.54, 1.807) is 0 Å². The number of aromatic amines is 1. The monoisotopic (exact) mass is 258 g/mol. The van der Waals surface area contributed by atoms with Gasteiger partial charge in [0.25, 0.3) is 0 Å². The molecular weight excluding hydrogens is 236 g/mol. The van der Waals surface area contributed by atoms with Crippen LogP contribution >= 0.6 is 0 Å². The summed E-state index contributed by atoms with van der Waals surface area (Å²) in [5, 5.41) is 4.95. The summed E-state index contributed by atoms with van der Waals surface area (Å²) in [6, 6.07) is 8.72. The third-order valence-electron chi connectivity index (χ3n) is 3.98. The van der Waals surface area contributed by atoms with Crippen molar-refractivity contribution in [2.24, 2.45) is 5.92 Å². The van der Waals surface area contributed by atoms with Crippen molar-refractivity contribution in [3.63, 3.8) is 0 Å². The minimum atomic E-state index is 0.779. The maximum Gasteiger partial charge on any atom is 0.0469 e. The van der Waals surface area contributed by atoms with Crippen LogP contribution in [0.1, 0.15) is 24.1 Å². The molecule has 0 spiro atoms. The number of H-pyrrole nitrogens is 1. The minimum Gasteiger partial charge on any atom is -0.381 e. The fraction of sp³-hybridized carbons (Fsp3) is 0.500. The summed E-state index contributed by atoms with van der Waals surface area (Å²) in [6.45, 7) is 6.02. The predicted molar refractivity (Wildman–Crippen MR) is 78.3 cm³/mol. The zero-order valence-corrected chi connectivity index (χ0v) is 11.5. The van der Waals surface area contributed by atoms with Crippen molar-refractivity contribution in [1.82, 2.24) is 10.3 Å². The quantitative estimate of drug-likeness (QED) is 0.884. The molecule has 1 aromatic heterocycles. The molecule has 1 aromatic carbocycles. The SMILES string of the molecule is Cc1cc2c(CNCC3CCOCC3)cccc2[nH]1. The highest BCUT2D eigenvalue weighted by atomic mass is 16.5. The average molecular weight is 258 g/mol. The van der Waals surface area contributed by atoms with Crippen molar-refractivity contribution in [3.05, 3.63) is 35.5 Å². The molecule has 1 saturated heterocycles. The molecular formula is C16H22N2O. The van der Waals surface area contributed by atoms with Crippen LogP contribution in [-0.2, 0) is 11.3 Å². The molecule has 2 N–H and O–H groups in total. The van der Waals surface area contributed by atoms with Crippen LogP contribution in [0.25, 0.3) is 10.9 Å². The van der Waals surface area contributed by atoms with E-state index in [9.17, 15) is 0 Å². The summed E-state index contributed by atoms with van der Waals surface area (Å²) < 4.78 is 5.39. The molecule has 3 nitrogen and oxygen atoms in total. The van der Waals surface area contributed by atoms with Crippen LogP contribution in [0.2, 0.25) is 0 Å². The summed E-state index contributed by atoms with van der Waals surface area (Å²) in [6.07, 6.45) is 2.39. The Bertz CT molecular complexity index is 541. The van der Waals surface area contributed by atoms with Crippen LogP contribution in [0.4, 0.5) is 0 Å². The first kappa shape index (κ1) is 12.7. The maximum atomic E-state index is 5.39. The van der Waals surface area contributed by atoms with Crippen LogP contribution in [0.5, 0.6) is 0 Å². The highest BCUT2D eigenvalue weighted by Gasteiger charge is 2.13. The Morgan fingerprint density at radius 1 is 1.32 bits per heavy atom. The Hall–Kier alpha value is -1.32. The van der Waals surface area contributed by atoms with Gasteiger partial charge in [-0.3, -0.25) is 0 Å². The van der Waals surface area contributed by atoms with Crippen molar-refractivity contribution in [2.75, 3.05) is 19.8 Å². The summed E-state index contributed by atoms with van der Waals surface area (Å²) in [4.78, 5) is 3.39. The minimum absolute atomic E-state index is 0.779. The average Bonchev–Trinajstić information content (AvgIpc) is 2.81. The van der Waals surface area contributed by atoms with E-state index in [1.807, 2.05) is 0 Å². The molecule has 1 fully saturated rings. The number of ether oxygens (including phenoxy) is 1. The van der Waals surface area contributed by atoms with E-state index in [1.165, 1.54) is 35.0 Å². The molecule has 0 saturated carbocycles. The zero-order valence-electron chi connectivity index (χ0n) is 11.5. The Labute approximate surface area is 114 Å². The Balaban J connectivity index is 1.61. The van der Waals surface area contributed by atoms with Gasteiger partial charge in [-0.1, -0.05) is 12.1 Å². The fourth-order valence-corrected chi connectivity index (χ4v) is 2.87. The second kappa shape index (κ2) is 5.76. The topological polar surface area (TPSA) is 37.0 Å². The maximum absolute atomic E-state index is 5.39. The van der Waals surface area contributed by atoms with Crippen LogP contribution < -0.4 is 5.32 Å². The molecule has 2 aromatic rings. The lowest BCUT2D eigenvalue weighted by atomic mass is 10.0. The van der Waals surface area contributed by atoms with Gasteiger partial charge in [-0.2, -0.15) is 0 Å². The lowest BCUT2D eigenvalue weighted by Crippen LogP contribution is -2.27. The fourth-order valence-electron chi connectivity index (χ4n) is 2.87. The molecule has 1 aliphatic heterocycles. The van der Waals surface area contributed by atoms with Gasteiger partial charge in [-0.05, 0) is 49.9 Å². The van der Waals surface area contributed by atoms with Gasteiger partial charge in [0, 0.05) is 36.4 Å². The number of benzene rings is 1. The summed E-state index contributed by atoms with van der Waals surface area (Å²) in [7, 11) is 0. The van der Waals surface area contributed by atoms with Gasteiger partial charge in [-0.15, -0.1) is 0 Å². The van der Waals surface area contributed by atoms with E-state index in [4.69, 9.17) is 4.74 Å². The number of hydrogen-bond donors (Lipinski definition) is 2. The van der Waals surface area contributed by atoms with Gasteiger partial charge >= 0.3 is 0 Å². The number of rotatable bonds is 4. The molecule has 19 heavy (non-hydrogen) atoms.